The Balaban J connectivity index is 2.37. The number of aromatic nitrogens is 2. The second kappa shape index (κ2) is 5.17. The lowest BCUT2D eigenvalue weighted by Crippen LogP contribution is -2.10. The molecule has 0 spiro atoms. The van der Waals surface area contributed by atoms with Crippen LogP contribution in [0.25, 0.3) is 11.1 Å². The van der Waals surface area contributed by atoms with Gasteiger partial charge in [-0.2, -0.15) is 5.10 Å². The quantitative estimate of drug-likeness (QED) is 0.919. The number of nitrogens with two attached hydrogens (primary N) is 1. The monoisotopic (exact) mass is 257 g/mol. The molecule has 0 atom stereocenters. The topological polar surface area (TPSA) is 43.8 Å². The summed E-state index contributed by atoms with van der Waals surface area (Å²) in [4.78, 5) is 0. The molecule has 0 aliphatic rings. The molecule has 0 aliphatic heterocycles. The molecule has 2 aromatic rings. The highest BCUT2D eigenvalue weighted by molar-refractivity contribution is 5.65. The van der Waals surface area contributed by atoms with E-state index in [1.165, 1.54) is 16.7 Å². The molecular weight excluding hydrogens is 234 g/mol. The molecular formula is C16H23N3. The zero-order valence-electron chi connectivity index (χ0n) is 12.3. The summed E-state index contributed by atoms with van der Waals surface area (Å²) in [7, 11) is 1.95. The molecule has 3 nitrogen and oxygen atoms in total. The lowest BCUT2D eigenvalue weighted by atomic mass is 9.86. The molecule has 0 amide bonds. The van der Waals surface area contributed by atoms with Crippen LogP contribution in [0.2, 0.25) is 0 Å². The van der Waals surface area contributed by atoms with Gasteiger partial charge in [-0.15, -0.1) is 0 Å². The van der Waals surface area contributed by atoms with Gasteiger partial charge in [0.25, 0.3) is 0 Å². The first-order chi connectivity index (χ1) is 8.91. The molecule has 1 heterocycles. The third-order valence-corrected chi connectivity index (χ3v) is 3.35. The summed E-state index contributed by atoms with van der Waals surface area (Å²) in [6.07, 6.45) is 2.88. The lowest BCUT2D eigenvalue weighted by molar-refractivity contribution is 0.590. The zero-order chi connectivity index (χ0) is 14.0. The Morgan fingerprint density at radius 3 is 2.32 bits per heavy atom. The van der Waals surface area contributed by atoms with E-state index in [9.17, 15) is 0 Å². The molecule has 0 saturated carbocycles. The molecule has 0 radical (unpaired) electrons. The number of rotatable bonds is 3. The van der Waals surface area contributed by atoms with E-state index in [1.54, 1.807) is 0 Å². The van der Waals surface area contributed by atoms with Crippen LogP contribution in [0.15, 0.2) is 30.5 Å². The lowest BCUT2D eigenvalue weighted by Gasteiger charge is -2.19. The Hall–Kier alpha value is -1.61. The van der Waals surface area contributed by atoms with Crippen molar-refractivity contribution in [2.24, 2.45) is 12.8 Å². The summed E-state index contributed by atoms with van der Waals surface area (Å²) in [6.45, 7) is 7.31. The molecule has 0 bridgehead atoms. The van der Waals surface area contributed by atoms with E-state index in [0.29, 0.717) is 6.54 Å². The van der Waals surface area contributed by atoms with Gasteiger partial charge >= 0.3 is 0 Å². The fourth-order valence-electron chi connectivity index (χ4n) is 2.25. The van der Waals surface area contributed by atoms with E-state index < -0.39 is 0 Å². The Labute approximate surface area is 115 Å². The average Bonchev–Trinajstić information content (AvgIpc) is 2.70. The van der Waals surface area contributed by atoms with Crippen molar-refractivity contribution in [1.82, 2.24) is 9.78 Å². The molecule has 102 valence electrons. The van der Waals surface area contributed by atoms with Crippen LogP contribution in [0, 0.1) is 0 Å². The van der Waals surface area contributed by atoms with Crippen LogP contribution >= 0.6 is 0 Å². The maximum atomic E-state index is 5.65. The standard InChI is InChI=1S/C16H23N3/c1-16(2,3)13-7-5-12(6-8-13)14-11-19(4)18-15(14)9-10-17/h5-8,11H,9-10,17H2,1-4H3. The van der Waals surface area contributed by atoms with Gasteiger partial charge in [0.05, 0.1) is 5.69 Å². The van der Waals surface area contributed by atoms with Gasteiger partial charge in [-0.05, 0) is 23.1 Å². The highest BCUT2D eigenvalue weighted by atomic mass is 15.2. The van der Waals surface area contributed by atoms with Gasteiger partial charge in [0.2, 0.25) is 0 Å². The minimum absolute atomic E-state index is 0.188. The molecule has 0 fully saturated rings. The van der Waals surface area contributed by atoms with Crippen molar-refractivity contribution in [2.45, 2.75) is 32.6 Å². The van der Waals surface area contributed by atoms with E-state index in [0.717, 1.165) is 12.1 Å². The summed E-state index contributed by atoms with van der Waals surface area (Å²) in [5.74, 6) is 0. The molecule has 0 saturated heterocycles. The van der Waals surface area contributed by atoms with Crippen molar-refractivity contribution in [2.75, 3.05) is 6.54 Å². The molecule has 1 aromatic heterocycles. The van der Waals surface area contributed by atoms with Crippen LogP contribution < -0.4 is 5.73 Å². The Morgan fingerprint density at radius 1 is 1.16 bits per heavy atom. The van der Waals surface area contributed by atoms with Crippen LogP contribution in [0.1, 0.15) is 32.0 Å². The third-order valence-electron chi connectivity index (χ3n) is 3.35. The first-order valence-corrected chi connectivity index (χ1v) is 6.75. The maximum Gasteiger partial charge on any atom is 0.0715 e. The van der Waals surface area contributed by atoms with E-state index >= 15 is 0 Å². The minimum Gasteiger partial charge on any atom is -0.330 e. The van der Waals surface area contributed by atoms with Crippen molar-refractivity contribution in [1.29, 1.82) is 0 Å². The summed E-state index contributed by atoms with van der Waals surface area (Å²) >= 11 is 0. The zero-order valence-corrected chi connectivity index (χ0v) is 12.3. The third kappa shape index (κ3) is 3.04. The molecule has 0 unspecified atom stereocenters. The van der Waals surface area contributed by atoms with Crippen LogP contribution in [-0.4, -0.2) is 16.3 Å². The van der Waals surface area contributed by atoms with Gasteiger partial charge in [0, 0.05) is 25.2 Å². The number of nitrogens with zero attached hydrogens (tertiary/aromatic N) is 2. The second-order valence-electron chi connectivity index (χ2n) is 6.03. The van der Waals surface area contributed by atoms with Gasteiger partial charge in [-0.1, -0.05) is 45.0 Å². The van der Waals surface area contributed by atoms with Gasteiger partial charge in [0.15, 0.2) is 0 Å². The summed E-state index contributed by atoms with van der Waals surface area (Å²) in [6, 6.07) is 8.76. The first-order valence-electron chi connectivity index (χ1n) is 6.75. The number of hydrogen-bond acceptors (Lipinski definition) is 2. The smallest absolute Gasteiger partial charge is 0.0715 e. The largest absolute Gasteiger partial charge is 0.330 e. The van der Waals surface area contributed by atoms with E-state index in [-0.39, 0.29) is 5.41 Å². The van der Waals surface area contributed by atoms with E-state index in [4.69, 9.17) is 5.73 Å². The van der Waals surface area contributed by atoms with Crippen molar-refractivity contribution in [3.8, 4) is 11.1 Å². The fourth-order valence-corrected chi connectivity index (χ4v) is 2.25. The molecule has 3 heteroatoms. The average molecular weight is 257 g/mol. The predicted molar refractivity (Wildman–Crippen MR) is 80.1 cm³/mol. The van der Waals surface area contributed by atoms with Gasteiger partial charge in [-0.25, -0.2) is 0 Å². The van der Waals surface area contributed by atoms with E-state index in [2.05, 4.69) is 56.3 Å². The molecule has 2 N–H and O–H groups in total. The summed E-state index contributed by atoms with van der Waals surface area (Å²) in [5.41, 5.74) is 10.7. The predicted octanol–water partition coefficient (Wildman–Crippen LogP) is 2.89. The normalized spacial score (nSPS) is 11.8. The molecule has 1 aromatic carbocycles. The Morgan fingerprint density at radius 2 is 1.79 bits per heavy atom. The van der Waals surface area contributed by atoms with Gasteiger partial charge < -0.3 is 5.73 Å². The van der Waals surface area contributed by atoms with Gasteiger partial charge in [0.1, 0.15) is 0 Å². The Bertz CT molecular complexity index is 544. The maximum absolute atomic E-state index is 5.65. The summed E-state index contributed by atoms with van der Waals surface area (Å²) in [5, 5.41) is 4.48. The first kappa shape index (κ1) is 13.8. The SMILES string of the molecule is Cn1cc(-c2ccc(C(C)(C)C)cc2)c(CCN)n1. The fraction of sp³-hybridized carbons (Fsp3) is 0.438. The Kier molecular flexibility index (Phi) is 3.76. The second-order valence-corrected chi connectivity index (χ2v) is 6.03. The number of aryl methyl sites for hydroxylation is 1. The number of benzene rings is 1. The van der Waals surface area contributed by atoms with Crippen LogP contribution in [0.5, 0.6) is 0 Å². The van der Waals surface area contributed by atoms with Crippen LogP contribution in [0.3, 0.4) is 0 Å². The highest BCUT2D eigenvalue weighted by Gasteiger charge is 2.14. The molecule has 2 rings (SSSR count). The van der Waals surface area contributed by atoms with Crippen molar-refractivity contribution in [3.05, 3.63) is 41.7 Å². The van der Waals surface area contributed by atoms with Crippen LogP contribution in [-0.2, 0) is 18.9 Å². The molecule has 0 aliphatic carbocycles. The highest BCUT2D eigenvalue weighted by Crippen LogP contribution is 2.27. The van der Waals surface area contributed by atoms with Gasteiger partial charge in [-0.3, -0.25) is 4.68 Å². The minimum atomic E-state index is 0.188. The van der Waals surface area contributed by atoms with Crippen molar-refractivity contribution in [3.63, 3.8) is 0 Å². The number of hydrogen-bond donors (Lipinski definition) is 1. The van der Waals surface area contributed by atoms with Crippen LogP contribution in [0.4, 0.5) is 0 Å². The summed E-state index contributed by atoms with van der Waals surface area (Å²) < 4.78 is 1.86. The van der Waals surface area contributed by atoms with E-state index in [1.807, 2.05) is 11.7 Å². The van der Waals surface area contributed by atoms with Crippen molar-refractivity contribution >= 4 is 0 Å². The molecule has 19 heavy (non-hydrogen) atoms. The van der Waals surface area contributed by atoms with Crippen molar-refractivity contribution < 1.29 is 0 Å².